The van der Waals surface area contributed by atoms with E-state index in [4.69, 9.17) is 14.1 Å². The molecule has 0 saturated heterocycles. The van der Waals surface area contributed by atoms with E-state index in [1.165, 1.54) is 0 Å². The van der Waals surface area contributed by atoms with Gasteiger partial charge in [0.1, 0.15) is 11.5 Å². The molecular weight excluding hydrogens is 505 g/mol. The molecular formula is C23H30IN5O2. The number of rotatable bonds is 6. The number of nitrogens with zero attached hydrogens (tertiary/aromatic N) is 3. The number of para-hydroxylation sites is 1. The van der Waals surface area contributed by atoms with Crippen LogP contribution < -0.4 is 15.4 Å². The lowest BCUT2D eigenvalue weighted by Gasteiger charge is -2.28. The van der Waals surface area contributed by atoms with Crippen molar-refractivity contribution in [3.05, 3.63) is 70.9 Å². The van der Waals surface area contributed by atoms with Gasteiger partial charge in [-0.15, -0.1) is 24.0 Å². The summed E-state index contributed by atoms with van der Waals surface area (Å²) < 4.78 is 13.2. The van der Waals surface area contributed by atoms with Gasteiger partial charge >= 0.3 is 0 Å². The monoisotopic (exact) mass is 535 g/mol. The first-order valence-corrected chi connectivity index (χ1v) is 10.4. The van der Waals surface area contributed by atoms with E-state index in [-0.39, 0.29) is 30.0 Å². The summed E-state index contributed by atoms with van der Waals surface area (Å²) in [7, 11) is 1.97. The maximum atomic E-state index is 5.81. The van der Waals surface area contributed by atoms with Crippen molar-refractivity contribution in [3.8, 4) is 5.75 Å². The molecule has 1 aliphatic rings. The van der Waals surface area contributed by atoms with Crippen LogP contribution in [0.25, 0.3) is 0 Å². The van der Waals surface area contributed by atoms with Crippen molar-refractivity contribution in [2.24, 2.45) is 12.0 Å². The molecule has 0 fully saturated rings. The molecule has 3 heterocycles. The normalized spacial score (nSPS) is 15.6. The summed E-state index contributed by atoms with van der Waals surface area (Å²) in [5.41, 5.74) is 4.49. The molecule has 7 nitrogen and oxygen atoms in total. The molecule has 4 rings (SSSR count). The Morgan fingerprint density at radius 1 is 1.23 bits per heavy atom. The van der Waals surface area contributed by atoms with E-state index >= 15 is 0 Å². The van der Waals surface area contributed by atoms with Crippen molar-refractivity contribution >= 4 is 29.9 Å². The molecule has 1 aliphatic heterocycles. The van der Waals surface area contributed by atoms with Crippen molar-refractivity contribution in [3.63, 3.8) is 0 Å². The molecule has 31 heavy (non-hydrogen) atoms. The Labute approximate surface area is 200 Å². The molecule has 1 unspecified atom stereocenters. The van der Waals surface area contributed by atoms with Crippen LogP contribution in [0.4, 0.5) is 0 Å². The summed E-state index contributed by atoms with van der Waals surface area (Å²) in [6, 6.07) is 12.2. The zero-order valence-corrected chi connectivity index (χ0v) is 20.6. The van der Waals surface area contributed by atoms with E-state index in [1.54, 1.807) is 6.26 Å². The van der Waals surface area contributed by atoms with E-state index in [0.29, 0.717) is 13.2 Å². The Bertz CT molecular complexity index is 1010. The van der Waals surface area contributed by atoms with Crippen molar-refractivity contribution in [1.29, 1.82) is 0 Å². The van der Waals surface area contributed by atoms with Crippen LogP contribution in [0.15, 0.2) is 52.1 Å². The largest absolute Gasteiger partial charge is 0.493 e. The first-order chi connectivity index (χ1) is 14.6. The quantitative estimate of drug-likeness (QED) is 0.283. The number of guanidine groups is 1. The van der Waals surface area contributed by atoms with Crippen LogP contribution in [0.3, 0.4) is 0 Å². The third-order valence-electron chi connectivity index (χ3n) is 5.57. The Morgan fingerprint density at radius 3 is 2.81 bits per heavy atom. The van der Waals surface area contributed by atoms with Crippen molar-refractivity contribution in [2.75, 3.05) is 13.2 Å². The molecule has 8 heteroatoms. The summed E-state index contributed by atoms with van der Waals surface area (Å²) in [5, 5.41) is 11.6. The Hall–Kier alpha value is -2.49. The average Bonchev–Trinajstić information content (AvgIpc) is 3.35. The summed E-state index contributed by atoms with van der Waals surface area (Å²) in [6.07, 6.45) is 3.39. The standard InChI is InChI=1S/C23H29N5O2.HI/c1-16-20(17(2)28(3)27-16)15-25-23(24-12-10-18-7-6-13-29-18)26-21-11-14-30-22-9-5-4-8-19(21)22;/h4-9,13,21H,10-12,14-15H2,1-3H3,(H2,24,25,26);1H. The number of furan rings is 1. The highest BCUT2D eigenvalue weighted by Crippen LogP contribution is 2.31. The Morgan fingerprint density at radius 2 is 2.06 bits per heavy atom. The Balaban J connectivity index is 0.00000272. The van der Waals surface area contributed by atoms with Crippen LogP contribution in [0.5, 0.6) is 5.75 Å². The van der Waals surface area contributed by atoms with Crippen molar-refractivity contribution in [2.45, 2.75) is 39.3 Å². The van der Waals surface area contributed by atoms with E-state index in [2.05, 4.69) is 28.7 Å². The highest BCUT2D eigenvalue weighted by Gasteiger charge is 2.22. The number of aryl methyl sites for hydroxylation is 2. The van der Waals surface area contributed by atoms with E-state index < -0.39 is 0 Å². The van der Waals surface area contributed by atoms with Gasteiger partial charge in [0.2, 0.25) is 0 Å². The van der Waals surface area contributed by atoms with Gasteiger partial charge in [0, 0.05) is 43.3 Å². The number of benzene rings is 1. The number of halogens is 1. The molecule has 0 spiro atoms. The molecule has 166 valence electrons. The SMILES string of the molecule is Cc1nn(C)c(C)c1CN=C(NCCc1ccco1)NC1CCOc2ccccc21.I. The first kappa shape index (κ1) is 23.2. The smallest absolute Gasteiger partial charge is 0.192 e. The zero-order valence-electron chi connectivity index (χ0n) is 18.2. The lowest BCUT2D eigenvalue weighted by atomic mass is 10.0. The van der Waals surface area contributed by atoms with E-state index in [1.807, 2.05) is 49.0 Å². The number of aliphatic imine (C=N–C) groups is 1. The van der Waals surface area contributed by atoms with Crippen LogP contribution in [-0.4, -0.2) is 28.9 Å². The van der Waals surface area contributed by atoms with Gasteiger partial charge in [-0.3, -0.25) is 4.68 Å². The second-order valence-corrected chi connectivity index (χ2v) is 7.57. The fourth-order valence-corrected chi connectivity index (χ4v) is 3.77. The number of aromatic nitrogens is 2. The van der Waals surface area contributed by atoms with Gasteiger partial charge in [0.25, 0.3) is 0 Å². The highest BCUT2D eigenvalue weighted by molar-refractivity contribution is 14.0. The van der Waals surface area contributed by atoms with E-state index in [0.717, 1.165) is 59.4 Å². The summed E-state index contributed by atoms with van der Waals surface area (Å²) in [6.45, 7) is 6.11. The predicted molar refractivity (Wildman–Crippen MR) is 132 cm³/mol. The third-order valence-corrected chi connectivity index (χ3v) is 5.57. The van der Waals surface area contributed by atoms with Gasteiger partial charge in [0.05, 0.1) is 31.2 Å². The Kier molecular flexibility index (Phi) is 8.00. The molecule has 0 aliphatic carbocycles. The van der Waals surface area contributed by atoms with Crippen LogP contribution in [0.2, 0.25) is 0 Å². The van der Waals surface area contributed by atoms with Crippen LogP contribution in [0, 0.1) is 13.8 Å². The van der Waals surface area contributed by atoms with Gasteiger partial charge in [-0.1, -0.05) is 18.2 Å². The number of fused-ring (bicyclic) bond motifs is 1. The zero-order chi connectivity index (χ0) is 20.9. The second kappa shape index (κ2) is 10.7. The van der Waals surface area contributed by atoms with Crippen LogP contribution >= 0.6 is 24.0 Å². The predicted octanol–water partition coefficient (Wildman–Crippen LogP) is 4.05. The topological polar surface area (TPSA) is 76.6 Å². The minimum absolute atomic E-state index is 0. The van der Waals surface area contributed by atoms with Gasteiger partial charge in [-0.2, -0.15) is 5.10 Å². The van der Waals surface area contributed by atoms with Gasteiger partial charge in [-0.25, -0.2) is 4.99 Å². The number of hydrogen-bond acceptors (Lipinski definition) is 4. The number of nitrogens with one attached hydrogen (secondary N) is 2. The molecule has 0 amide bonds. The van der Waals surface area contributed by atoms with Gasteiger partial charge < -0.3 is 19.8 Å². The molecule has 2 N–H and O–H groups in total. The van der Waals surface area contributed by atoms with Gasteiger partial charge in [-0.05, 0) is 32.0 Å². The number of ether oxygens (including phenoxy) is 1. The van der Waals surface area contributed by atoms with E-state index in [9.17, 15) is 0 Å². The highest BCUT2D eigenvalue weighted by atomic mass is 127. The van der Waals surface area contributed by atoms with Crippen molar-refractivity contribution < 1.29 is 9.15 Å². The first-order valence-electron chi connectivity index (χ1n) is 10.4. The minimum Gasteiger partial charge on any atom is -0.493 e. The fourth-order valence-electron chi connectivity index (χ4n) is 3.77. The molecule has 3 aromatic rings. The lowest BCUT2D eigenvalue weighted by molar-refractivity contribution is 0.261. The molecule has 0 saturated carbocycles. The second-order valence-electron chi connectivity index (χ2n) is 7.57. The maximum Gasteiger partial charge on any atom is 0.192 e. The van der Waals surface area contributed by atoms with Crippen LogP contribution in [-0.2, 0) is 20.0 Å². The summed E-state index contributed by atoms with van der Waals surface area (Å²) in [4.78, 5) is 4.88. The molecule has 2 aromatic heterocycles. The lowest BCUT2D eigenvalue weighted by Crippen LogP contribution is -2.42. The molecule has 1 aromatic carbocycles. The number of hydrogen-bond donors (Lipinski definition) is 2. The molecule has 0 radical (unpaired) electrons. The maximum absolute atomic E-state index is 5.81. The summed E-state index contributed by atoms with van der Waals surface area (Å²) >= 11 is 0. The fraction of sp³-hybridized carbons (Fsp3) is 0.391. The average molecular weight is 535 g/mol. The van der Waals surface area contributed by atoms with Crippen LogP contribution in [0.1, 0.15) is 40.7 Å². The van der Waals surface area contributed by atoms with Gasteiger partial charge in [0.15, 0.2) is 5.96 Å². The van der Waals surface area contributed by atoms with Crippen molar-refractivity contribution in [1.82, 2.24) is 20.4 Å². The molecule has 1 atom stereocenters. The molecule has 0 bridgehead atoms. The minimum atomic E-state index is 0. The third kappa shape index (κ3) is 5.61. The summed E-state index contributed by atoms with van der Waals surface area (Å²) in [5.74, 6) is 2.68.